The zero-order valence-electron chi connectivity index (χ0n) is 4.01. The van der Waals surface area contributed by atoms with Crippen molar-refractivity contribution in [2.24, 2.45) is 0 Å². The van der Waals surface area contributed by atoms with Gasteiger partial charge >= 0.3 is 0 Å². The van der Waals surface area contributed by atoms with Gasteiger partial charge in [-0.1, -0.05) is 0 Å². The summed E-state index contributed by atoms with van der Waals surface area (Å²) >= 11 is 0. The van der Waals surface area contributed by atoms with Gasteiger partial charge in [0.2, 0.25) is 6.41 Å². The second-order valence-corrected chi connectivity index (χ2v) is 0.787. The highest BCUT2D eigenvalue weighted by Gasteiger charge is 1.74. The highest BCUT2D eigenvalue weighted by atomic mass is 16.7. The van der Waals surface area contributed by atoms with E-state index in [0.717, 1.165) is 0 Å². The van der Waals surface area contributed by atoms with Crippen LogP contribution in [0.2, 0.25) is 0 Å². The molecule has 0 saturated heterocycles. The van der Waals surface area contributed by atoms with E-state index in [1.54, 1.807) is 0 Å². The molecule has 0 heterocycles. The number of hydrogen-bond donors (Lipinski definition) is 1. The van der Waals surface area contributed by atoms with Crippen LogP contribution < -0.4 is 5.48 Å². The summed E-state index contributed by atoms with van der Waals surface area (Å²) in [6.45, 7) is 0.0821. The quantitative estimate of drug-likeness (QED) is 0.222. The van der Waals surface area contributed by atoms with E-state index < -0.39 is 0 Å². The molecule has 0 bridgehead atoms. The van der Waals surface area contributed by atoms with Crippen LogP contribution >= 0.6 is 0 Å². The molecule has 0 aromatic rings. The van der Waals surface area contributed by atoms with Gasteiger partial charge in [-0.05, 0) is 0 Å². The fourth-order valence-electron chi connectivity index (χ4n) is 0.127. The fourth-order valence-corrected chi connectivity index (χ4v) is 0.127. The summed E-state index contributed by atoms with van der Waals surface area (Å²) in [5, 5.41) is 0. The number of rotatable bonds is 4. The Balaban J connectivity index is 2.56. The molecule has 0 aliphatic carbocycles. The van der Waals surface area contributed by atoms with Gasteiger partial charge in [0.1, 0.15) is 0 Å². The van der Waals surface area contributed by atoms with Gasteiger partial charge in [0, 0.05) is 7.11 Å². The molecule has 0 unspecified atom stereocenters. The molecule has 0 rings (SSSR count). The number of carbonyl (C=O) groups excluding carboxylic acids is 1. The second-order valence-electron chi connectivity index (χ2n) is 0.787. The van der Waals surface area contributed by atoms with Gasteiger partial charge in [0.25, 0.3) is 0 Å². The van der Waals surface area contributed by atoms with Crippen molar-refractivity contribution in [1.82, 2.24) is 5.48 Å². The first-order valence-electron chi connectivity index (χ1n) is 1.71. The van der Waals surface area contributed by atoms with Crippen molar-refractivity contribution in [2.75, 3.05) is 13.9 Å². The highest BCUT2D eigenvalue weighted by molar-refractivity contribution is 5.43. The van der Waals surface area contributed by atoms with Gasteiger partial charge in [0.15, 0.2) is 6.79 Å². The first-order valence-corrected chi connectivity index (χ1v) is 1.71. The van der Waals surface area contributed by atoms with Crippen LogP contribution in [-0.4, -0.2) is 20.3 Å². The van der Waals surface area contributed by atoms with Gasteiger partial charge in [-0.3, -0.25) is 4.79 Å². The van der Waals surface area contributed by atoms with Gasteiger partial charge < -0.3 is 4.74 Å². The van der Waals surface area contributed by atoms with Gasteiger partial charge in [-0.15, -0.1) is 0 Å². The van der Waals surface area contributed by atoms with Crippen LogP contribution in [0.4, 0.5) is 0 Å². The molecular formula is C3H7NO3. The van der Waals surface area contributed by atoms with E-state index in [-0.39, 0.29) is 6.79 Å². The number of carbonyl (C=O) groups is 1. The third-order valence-corrected chi connectivity index (χ3v) is 0.308. The standard InChI is InChI=1S/C3H7NO3/c1-6-3-7-4-2-5/h2H,3H2,1H3,(H,4,5). The number of hydroxylamine groups is 1. The molecule has 0 radical (unpaired) electrons. The Morgan fingerprint density at radius 3 is 3.00 bits per heavy atom. The molecule has 4 heteroatoms. The van der Waals surface area contributed by atoms with E-state index in [1.165, 1.54) is 7.11 Å². The molecule has 0 aromatic carbocycles. The Kier molecular flexibility index (Phi) is 4.92. The fraction of sp³-hybridized carbons (Fsp3) is 0.667. The Morgan fingerprint density at radius 1 is 1.86 bits per heavy atom. The van der Waals surface area contributed by atoms with E-state index in [4.69, 9.17) is 0 Å². The Morgan fingerprint density at radius 2 is 2.57 bits per heavy atom. The van der Waals surface area contributed by atoms with E-state index in [2.05, 4.69) is 9.57 Å². The lowest BCUT2D eigenvalue weighted by Crippen LogP contribution is -2.12. The van der Waals surface area contributed by atoms with Crippen LogP contribution in [0, 0.1) is 0 Å². The molecule has 4 nitrogen and oxygen atoms in total. The van der Waals surface area contributed by atoms with Crippen molar-refractivity contribution in [3.05, 3.63) is 0 Å². The van der Waals surface area contributed by atoms with Gasteiger partial charge in [0.05, 0.1) is 0 Å². The molecule has 1 amide bonds. The van der Waals surface area contributed by atoms with Gasteiger partial charge in [-0.25, -0.2) is 10.3 Å². The lowest BCUT2D eigenvalue weighted by molar-refractivity contribution is -0.132. The Bertz CT molecular complexity index is 47.4. The van der Waals surface area contributed by atoms with Crippen LogP contribution in [0.3, 0.4) is 0 Å². The minimum atomic E-state index is 0.0821. The summed E-state index contributed by atoms with van der Waals surface area (Å²) in [4.78, 5) is 13.7. The topological polar surface area (TPSA) is 47.6 Å². The average Bonchev–Trinajstić information content (AvgIpc) is 1.69. The van der Waals surface area contributed by atoms with Crippen LogP contribution in [0.25, 0.3) is 0 Å². The molecule has 0 spiro atoms. The molecule has 0 aliphatic heterocycles. The van der Waals surface area contributed by atoms with Crippen molar-refractivity contribution < 1.29 is 14.4 Å². The predicted molar refractivity (Wildman–Crippen MR) is 22.2 cm³/mol. The number of hydrogen-bond acceptors (Lipinski definition) is 3. The minimum absolute atomic E-state index is 0.0821. The SMILES string of the molecule is COCONC=O. The maximum absolute atomic E-state index is 9.39. The maximum atomic E-state index is 9.39. The molecule has 0 atom stereocenters. The van der Waals surface area contributed by atoms with Crippen molar-refractivity contribution in [3.8, 4) is 0 Å². The summed E-state index contributed by atoms with van der Waals surface area (Å²) < 4.78 is 4.40. The molecule has 0 aliphatic rings. The summed E-state index contributed by atoms with van der Waals surface area (Å²) in [5.41, 5.74) is 1.94. The smallest absolute Gasteiger partial charge is 0.230 e. The third-order valence-electron chi connectivity index (χ3n) is 0.308. The minimum Gasteiger partial charge on any atom is -0.356 e. The summed E-state index contributed by atoms with van der Waals surface area (Å²) in [5.74, 6) is 0. The summed E-state index contributed by atoms with van der Waals surface area (Å²) in [6.07, 6.45) is 0.430. The number of amides is 1. The molecule has 0 saturated carbocycles. The molecule has 7 heavy (non-hydrogen) atoms. The maximum Gasteiger partial charge on any atom is 0.230 e. The largest absolute Gasteiger partial charge is 0.356 e. The molecule has 0 aromatic heterocycles. The zero-order valence-corrected chi connectivity index (χ0v) is 4.01. The van der Waals surface area contributed by atoms with Crippen LogP contribution in [0.15, 0.2) is 0 Å². The van der Waals surface area contributed by atoms with Crippen LogP contribution in [0.5, 0.6) is 0 Å². The van der Waals surface area contributed by atoms with E-state index >= 15 is 0 Å². The number of nitrogens with one attached hydrogen (secondary N) is 1. The summed E-state index contributed by atoms with van der Waals surface area (Å²) in [7, 11) is 1.46. The second kappa shape index (κ2) is 5.39. The van der Waals surface area contributed by atoms with Crippen LogP contribution in [0.1, 0.15) is 0 Å². The van der Waals surface area contributed by atoms with E-state index in [0.29, 0.717) is 6.41 Å². The number of ether oxygens (including phenoxy) is 1. The van der Waals surface area contributed by atoms with Crippen LogP contribution in [-0.2, 0) is 14.4 Å². The van der Waals surface area contributed by atoms with E-state index in [9.17, 15) is 4.79 Å². The van der Waals surface area contributed by atoms with Gasteiger partial charge in [-0.2, -0.15) is 0 Å². The zero-order chi connectivity index (χ0) is 5.54. The molecular weight excluding hydrogens is 98.0 g/mol. The number of methoxy groups -OCH3 is 1. The monoisotopic (exact) mass is 105 g/mol. The normalized spacial score (nSPS) is 8.14. The Hall–Kier alpha value is -0.610. The van der Waals surface area contributed by atoms with Crippen molar-refractivity contribution >= 4 is 6.41 Å². The molecule has 0 fully saturated rings. The lowest BCUT2D eigenvalue weighted by atomic mass is 11.4. The first-order chi connectivity index (χ1) is 3.41. The van der Waals surface area contributed by atoms with Crippen molar-refractivity contribution in [2.45, 2.75) is 0 Å². The predicted octanol–water partition coefficient (Wildman–Crippen LogP) is -0.732. The average molecular weight is 105 g/mol. The lowest BCUT2D eigenvalue weighted by Gasteiger charge is -1.94. The molecule has 1 N–H and O–H groups in total. The first kappa shape index (κ1) is 6.39. The van der Waals surface area contributed by atoms with Crippen molar-refractivity contribution in [1.29, 1.82) is 0 Å². The van der Waals surface area contributed by atoms with E-state index in [1.807, 2.05) is 5.48 Å². The summed E-state index contributed by atoms with van der Waals surface area (Å²) in [6, 6.07) is 0. The Labute approximate surface area is 41.4 Å². The molecule has 42 valence electrons. The van der Waals surface area contributed by atoms with Crippen molar-refractivity contribution in [3.63, 3.8) is 0 Å². The third kappa shape index (κ3) is 5.39. The highest BCUT2D eigenvalue weighted by Crippen LogP contribution is 1.61.